The van der Waals surface area contributed by atoms with Crippen LogP contribution in [-0.2, 0) is 18.0 Å². The molecular formula is C16H20BrNO2. The third kappa shape index (κ3) is 2.63. The van der Waals surface area contributed by atoms with Crippen LogP contribution < -0.4 is 0 Å². The lowest BCUT2D eigenvalue weighted by atomic mass is 9.93. The van der Waals surface area contributed by atoms with E-state index in [0.717, 1.165) is 24.0 Å². The van der Waals surface area contributed by atoms with Gasteiger partial charge in [0.2, 0.25) is 0 Å². The van der Waals surface area contributed by atoms with Gasteiger partial charge >= 0.3 is 0 Å². The van der Waals surface area contributed by atoms with Gasteiger partial charge in [-0.3, -0.25) is 4.79 Å². The van der Waals surface area contributed by atoms with Gasteiger partial charge in [0.1, 0.15) is 0 Å². The number of benzene rings is 1. The molecule has 2 atom stereocenters. The van der Waals surface area contributed by atoms with E-state index >= 15 is 0 Å². The number of hydrogen-bond acceptors (Lipinski definition) is 2. The molecular weight excluding hydrogens is 318 g/mol. The van der Waals surface area contributed by atoms with Crippen molar-refractivity contribution in [1.29, 1.82) is 0 Å². The van der Waals surface area contributed by atoms with Crippen molar-refractivity contribution < 1.29 is 9.53 Å². The van der Waals surface area contributed by atoms with Crippen molar-refractivity contribution >= 4 is 21.8 Å². The highest BCUT2D eigenvalue weighted by Crippen LogP contribution is 2.29. The molecule has 1 fully saturated rings. The minimum atomic E-state index is 0.121. The quantitative estimate of drug-likeness (QED) is 0.773. The second-order valence-corrected chi connectivity index (χ2v) is 6.94. The Morgan fingerprint density at radius 2 is 2.00 bits per heavy atom. The molecule has 3 rings (SSSR count). The molecule has 1 aromatic rings. The third-order valence-corrected chi connectivity index (χ3v) is 5.50. The maximum atomic E-state index is 12.7. The van der Waals surface area contributed by atoms with Crippen LogP contribution in [0.2, 0.25) is 0 Å². The van der Waals surface area contributed by atoms with E-state index in [1.165, 1.54) is 18.4 Å². The van der Waals surface area contributed by atoms with Gasteiger partial charge in [-0.1, -0.05) is 34.8 Å². The zero-order valence-electron chi connectivity index (χ0n) is 11.8. The predicted molar refractivity (Wildman–Crippen MR) is 82.0 cm³/mol. The van der Waals surface area contributed by atoms with E-state index in [-0.39, 0.29) is 5.91 Å². The maximum absolute atomic E-state index is 12.7. The zero-order chi connectivity index (χ0) is 14.1. The lowest BCUT2D eigenvalue weighted by molar-refractivity contribution is 0.0704. The summed E-state index contributed by atoms with van der Waals surface area (Å²) < 4.78 is 5.41. The zero-order valence-corrected chi connectivity index (χ0v) is 13.4. The number of hydrogen-bond donors (Lipinski definition) is 0. The van der Waals surface area contributed by atoms with Crippen molar-refractivity contribution in [2.45, 2.75) is 49.8 Å². The Balaban J connectivity index is 1.77. The number of alkyl halides is 1. The van der Waals surface area contributed by atoms with Crippen molar-refractivity contribution in [1.82, 2.24) is 4.90 Å². The maximum Gasteiger partial charge on any atom is 0.253 e. The number of halogens is 1. The Labute approximate surface area is 128 Å². The number of amides is 1. The molecule has 1 amide bonds. The van der Waals surface area contributed by atoms with Gasteiger partial charge < -0.3 is 9.64 Å². The summed E-state index contributed by atoms with van der Waals surface area (Å²) in [6.45, 7) is 1.30. The third-order valence-electron chi connectivity index (χ3n) is 4.43. The Hall–Kier alpha value is -0.870. The summed E-state index contributed by atoms with van der Waals surface area (Å²) in [6, 6.07) is 6.25. The Morgan fingerprint density at radius 1 is 1.25 bits per heavy atom. The van der Waals surface area contributed by atoms with Gasteiger partial charge in [0.05, 0.1) is 13.2 Å². The van der Waals surface area contributed by atoms with Gasteiger partial charge in [-0.25, -0.2) is 0 Å². The molecule has 108 valence electrons. The van der Waals surface area contributed by atoms with E-state index in [9.17, 15) is 4.79 Å². The largest absolute Gasteiger partial charge is 0.372 e. The van der Waals surface area contributed by atoms with Gasteiger partial charge in [-0.05, 0) is 36.1 Å². The first-order chi connectivity index (χ1) is 9.66. The van der Waals surface area contributed by atoms with E-state index in [4.69, 9.17) is 4.74 Å². The van der Waals surface area contributed by atoms with Crippen LogP contribution in [0.15, 0.2) is 18.2 Å². The first-order valence-electron chi connectivity index (χ1n) is 7.27. The summed E-state index contributed by atoms with van der Waals surface area (Å²) in [6.07, 6.45) is 4.71. The molecule has 0 bridgehead atoms. The molecule has 0 radical (unpaired) electrons. The first-order valence-corrected chi connectivity index (χ1v) is 8.19. The van der Waals surface area contributed by atoms with Crippen molar-refractivity contribution in [3.05, 3.63) is 34.9 Å². The predicted octanol–water partition coefficient (Wildman–Crippen LogP) is 3.49. The van der Waals surface area contributed by atoms with Gasteiger partial charge in [0, 0.05) is 23.5 Å². The van der Waals surface area contributed by atoms with E-state index in [1.54, 1.807) is 0 Å². The van der Waals surface area contributed by atoms with Crippen molar-refractivity contribution in [3.63, 3.8) is 0 Å². The SMILES string of the molecule is CN(C(=O)c1ccc2c(c1)COC2)C1CCCCC1Br. The molecule has 20 heavy (non-hydrogen) atoms. The molecule has 3 nitrogen and oxygen atoms in total. The number of ether oxygens (including phenoxy) is 1. The van der Waals surface area contributed by atoms with Crippen molar-refractivity contribution in [2.75, 3.05) is 7.05 Å². The number of carbonyl (C=O) groups excluding carboxylic acids is 1. The Kier molecular flexibility index (Phi) is 4.13. The molecule has 1 heterocycles. The Bertz CT molecular complexity index is 517. The van der Waals surface area contributed by atoms with Gasteiger partial charge in [0.15, 0.2) is 0 Å². The Morgan fingerprint density at radius 3 is 2.80 bits per heavy atom. The second-order valence-electron chi connectivity index (χ2n) is 5.76. The van der Waals surface area contributed by atoms with Crippen LogP contribution in [0.1, 0.15) is 47.2 Å². The highest BCUT2D eigenvalue weighted by Gasteiger charge is 2.29. The summed E-state index contributed by atoms with van der Waals surface area (Å²) in [7, 11) is 1.93. The van der Waals surface area contributed by atoms with Crippen molar-refractivity contribution in [2.24, 2.45) is 0 Å². The van der Waals surface area contributed by atoms with Crippen LogP contribution in [0.4, 0.5) is 0 Å². The topological polar surface area (TPSA) is 29.5 Å². The monoisotopic (exact) mass is 337 g/mol. The lowest BCUT2D eigenvalue weighted by Crippen LogP contribution is -2.44. The smallest absolute Gasteiger partial charge is 0.253 e. The standard InChI is InChI=1S/C16H20BrNO2/c1-18(15-5-3-2-4-14(15)17)16(19)11-6-7-12-9-20-10-13(12)8-11/h6-8,14-15H,2-5,9-10H2,1H3. The molecule has 0 spiro atoms. The summed E-state index contributed by atoms with van der Waals surface area (Å²) in [4.78, 5) is 15.0. The molecule has 2 unspecified atom stereocenters. The summed E-state index contributed by atoms with van der Waals surface area (Å²) >= 11 is 3.73. The highest BCUT2D eigenvalue weighted by atomic mass is 79.9. The number of carbonyl (C=O) groups is 1. The molecule has 1 saturated carbocycles. The molecule has 0 saturated heterocycles. The van der Waals surface area contributed by atoms with Crippen LogP contribution in [-0.4, -0.2) is 28.7 Å². The van der Waals surface area contributed by atoms with Gasteiger partial charge in [-0.2, -0.15) is 0 Å². The molecule has 0 aromatic heterocycles. The minimum absolute atomic E-state index is 0.121. The van der Waals surface area contributed by atoms with E-state index < -0.39 is 0 Å². The van der Waals surface area contributed by atoms with Gasteiger partial charge in [-0.15, -0.1) is 0 Å². The molecule has 2 aliphatic rings. The summed E-state index contributed by atoms with van der Waals surface area (Å²) in [5.41, 5.74) is 3.14. The minimum Gasteiger partial charge on any atom is -0.372 e. The van der Waals surface area contributed by atoms with Crippen LogP contribution in [0.25, 0.3) is 0 Å². The fraction of sp³-hybridized carbons (Fsp3) is 0.562. The van der Waals surface area contributed by atoms with Crippen molar-refractivity contribution in [3.8, 4) is 0 Å². The molecule has 1 aliphatic heterocycles. The molecule has 1 aromatic carbocycles. The van der Waals surface area contributed by atoms with E-state index in [1.807, 2.05) is 30.1 Å². The average Bonchev–Trinajstić information content (AvgIpc) is 2.93. The summed E-state index contributed by atoms with van der Waals surface area (Å²) in [5.74, 6) is 0.121. The van der Waals surface area contributed by atoms with Crippen LogP contribution in [0, 0.1) is 0 Å². The van der Waals surface area contributed by atoms with E-state index in [2.05, 4.69) is 15.9 Å². The molecule has 1 aliphatic carbocycles. The molecule has 4 heteroatoms. The number of nitrogens with zero attached hydrogens (tertiary/aromatic N) is 1. The summed E-state index contributed by atoms with van der Waals surface area (Å²) in [5, 5.41) is 0. The van der Waals surface area contributed by atoms with Crippen LogP contribution >= 0.6 is 15.9 Å². The normalized spacial score (nSPS) is 25.3. The fourth-order valence-electron chi connectivity index (χ4n) is 3.16. The van der Waals surface area contributed by atoms with Gasteiger partial charge in [0.25, 0.3) is 5.91 Å². The van der Waals surface area contributed by atoms with Crippen LogP contribution in [0.3, 0.4) is 0 Å². The number of fused-ring (bicyclic) bond motifs is 1. The van der Waals surface area contributed by atoms with Crippen LogP contribution in [0.5, 0.6) is 0 Å². The highest BCUT2D eigenvalue weighted by molar-refractivity contribution is 9.09. The first kappa shape index (κ1) is 14.1. The molecule has 0 N–H and O–H groups in total. The lowest BCUT2D eigenvalue weighted by Gasteiger charge is -2.35. The second kappa shape index (κ2) is 5.86. The average molecular weight is 338 g/mol. The number of rotatable bonds is 2. The fourth-order valence-corrected chi connectivity index (χ4v) is 4.10. The van der Waals surface area contributed by atoms with E-state index in [0.29, 0.717) is 24.1 Å².